The van der Waals surface area contributed by atoms with Gasteiger partial charge in [0.2, 0.25) is 15.9 Å². The van der Waals surface area contributed by atoms with Crippen LogP contribution in [0.3, 0.4) is 0 Å². The summed E-state index contributed by atoms with van der Waals surface area (Å²) in [6.45, 7) is 3.30. The quantitative estimate of drug-likeness (QED) is 0.584. The first kappa shape index (κ1) is 24.6. The topological polar surface area (TPSA) is 108 Å². The standard InChI is InChI=1S/C21H23F3N4O4S2/c1-10-18(33-20(26-10)27-12(3)29)14-6-15-8-28(11(2)13-4-5-13)19(30)17(15)16(7-14)34(31,32)25-9-21(22,23)24/h6-7,11,13,25H,4-5,8-9H2,1-3H3,(H,26,27,29). The first-order chi connectivity index (χ1) is 15.8. The molecule has 1 fully saturated rings. The van der Waals surface area contributed by atoms with Crippen molar-refractivity contribution in [1.82, 2.24) is 14.6 Å². The largest absolute Gasteiger partial charge is 0.402 e. The van der Waals surface area contributed by atoms with Crippen LogP contribution in [0.1, 0.15) is 48.3 Å². The molecular weight excluding hydrogens is 493 g/mol. The van der Waals surface area contributed by atoms with E-state index in [9.17, 15) is 31.2 Å². The van der Waals surface area contributed by atoms with E-state index < -0.39 is 33.5 Å². The van der Waals surface area contributed by atoms with Gasteiger partial charge >= 0.3 is 6.18 Å². The third-order valence-corrected chi connectivity index (χ3v) is 8.44. The number of aromatic nitrogens is 1. The molecule has 2 aliphatic rings. The number of amides is 2. The number of nitrogens with zero attached hydrogens (tertiary/aromatic N) is 2. The predicted octanol–water partition coefficient (Wildman–Crippen LogP) is 3.67. The highest BCUT2D eigenvalue weighted by Crippen LogP contribution is 2.42. The van der Waals surface area contributed by atoms with E-state index >= 15 is 0 Å². The number of carbonyl (C=O) groups is 2. The van der Waals surface area contributed by atoms with Gasteiger partial charge in [0.1, 0.15) is 6.54 Å². The Labute approximate surface area is 198 Å². The summed E-state index contributed by atoms with van der Waals surface area (Å²) in [5, 5.41) is 2.87. The molecule has 1 atom stereocenters. The number of carbonyl (C=O) groups excluding carboxylic acids is 2. The Morgan fingerprint density at radius 1 is 1.32 bits per heavy atom. The molecule has 2 amide bonds. The Kier molecular flexibility index (Phi) is 6.23. The Morgan fingerprint density at radius 3 is 2.59 bits per heavy atom. The number of halogens is 3. The van der Waals surface area contributed by atoms with E-state index in [1.807, 2.05) is 6.92 Å². The first-order valence-electron chi connectivity index (χ1n) is 10.6. The number of anilines is 1. The Balaban J connectivity index is 1.82. The van der Waals surface area contributed by atoms with Gasteiger partial charge < -0.3 is 10.2 Å². The number of sulfonamides is 1. The van der Waals surface area contributed by atoms with E-state index in [1.54, 1.807) is 22.6 Å². The number of aryl methyl sites for hydroxylation is 1. The molecular formula is C21H23F3N4O4S2. The number of alkyl halides is 3. The maximum Gasteiger partial charge on any atom is 0.402 e. The summed E-state index contributed by atoms with van der Waals surface area (Å²) in [5.41, 5.74) is 1.23. The van der Waals surface area contributed by atoms with E-state index in [2.05, 4.69) is 10.3 Å². The maximum absolute atomic E-state index is 13.2. The molecule has 13 heteroatoms. The molecule has 2 N–H and O–H groups in total. The Hall–Kier alpha value is -2.51. The van der Waals surface area contributed by atoms with E-state index in [4.69, 9.17) is 0 Å². The zero-order chi connectivity index (χ0) is 25.0. The molecule has 1 saturated carbocycles. The third-order valence-electron chi connectivity index (χ3n) is 5.89. The molecule has 8 nitrogen and oxygen atoms in total. The zero-order valence-electron chi connectivity index (χ0n) is 18.6. The second kappa shape index (κ2) is 8.61. The highest BCUT2D eigenvalue weighted by atomic mass is 32.2. The fourth-order valence-corrected chi connectivity index (χ4v) is 6.35. The molecule has 1 aliphatic carbocycles. The van der Waals surface area contributed by atoms with Crippen LogP contribution in [0.25, 0.3) is 10.4 Å². The van der Waals surface area contributed by atoms with E-state index in [-0.39, 0.29) is 24.1 Å². The van der Waals surface area contributed by atoms with Crippen LogP contribution in [0.4, 0.5) is 18.3 Å². The summed E-state index contributed by atoms with van der Waals surface area (Å²) in [6, 6.07) is 2.77. The summed E-state index contributed by atoms with van der Waals surface area (Å²) in [6.07, 6.45) is -2.82. The minimum Gasteiger partial charge on any atom is -0.331 e. The van der Waals surface area contributed by atoms with Crippen molar-refractivity contribution in [1.29, 1.82) is 0 Å². The molecule has 1 aliphatic heterocycles. The van der Waals surface area contributed by atoms with Crippen molar-refractivity contribution in [3.8, 4) is 10.4 Å². The number of thiazole rings is 1. The Bertz CT molecular complexity index is 1270. The van der Waals surface area contributed by atoms with Gasteiger partial charge in [-0.25, -0.2) is 18.1 Å². The Morgan fingerprint density at radius 2 is 2.00 bits per heavy atom. The van der Waals surface area contributed by atoms with Crippen LogP contribution in [0.2, 0.25) is 0 Å². The monoisotopic (exact) mass is 516 g/mol. The fraction of sp³-hybridized carbons (Fsp3) is 0.476. The maximum atomic E-state index is 13.2. The van der Waals surface area contributed by atoms with Crippen molar-refractivity contribution in [3.05, 3.63) is 29.0 Å². The van der Waals surface area contributed by atoms with E-state index in [0.717, 1.165) is 24.2 Å². The van der Waals surface area contributed by atoms with Crippen LogP contribution in [-0.4, -0.2) is 48.9 Å². The first-order valence-corrected chi connectivity index (χ1v) is 12.9. The molecule has 0 radical (unpaired) electrons. The molecule has 0 saturated heterocycles. The third kappa shape index (κ3) is 4.96. The fourth-order valence-electron chi connectivity index (χ4n) is 4.07. The average Bonchev–Trinajstić information content (AvgIpc) is 3.44. The van der Waals surface area contributed by atoms with Crippen molar-refractivity contribution < 1.29 is 31.2 Å². The zero-order valence-corrected chi connectivity index (χ0v) is 20.2. The molecule has 0 bridgehead atoms. The lowest BCUT2D eigenvalue weighted by molar-refractivity contribution is -0.121. The molecule has 1 unspecified atom stereocenters. The van der Waals surface area contributed by atoms with Gasteiger partial charge in [-0.1, -0.05) is 11.3 Å². The molecule has 4 rings (SSSR count). The van der Waals surface area contributed by atoms with Gasteiger partial charge in [-0.15, -0.1) is 0 Å². The van der Waals surface area contributed by atoms with Crippen LogP contribution in [0.5, 0.6) is 0 Å². The molecule has 2 aromatic rings. The number of benzene rings is 1. The lowest BCUT2D eigenvalue weighted by atomic mass is 10.0. The molecule has 2 heterocycles. The van der Waals surface area contributed by atoms with Gasteiger partial charge in [-0.2, -0.15) is 13.2 Å². The summed E-state index contributed by atoms with van der Waals surface area (Å²) in [4.78, 5) is 30.5. The van der Waals surface area contributed by atoms with Gasteiger partial charge in [-0.3, -0.25) is 9.59 Å². The smallest absolute Gasteiger partial charge is 0.331 e. The van der Waals surface area contributed by atoms with Gasteiger partial charge in [0, 0.05) is 19.5 Å². The number of fused-ring (bicyclic) bond motifs is 1. The van der Waals surface area contributed by atoms with Crippen molar-refractivity contribution >= 4 is 38.3 Å². The van der Waals surface area contributed by atoms with Gasteiger partial charge in [0.25, 0.3) is 5.91 Å². The van der Waals surface area contributed by atoms with Crippen molar-refractivity contribution in [2.45, 2.75) is 57.3 Å². The van der Waals surface area contributed by atoms with Crippen LogP contribution in [0.15, 0.2) is 17.0 Å². The van der Waals surface area contributed by atoms with Gasteiger partial charge in [-0.05, 0) is 55.9 Å². The highest BCUT2D eigenvalue weighted by molar-refractivity contribution is 7.89. The number of nitrogens with one attached hydrogen (secondary N) is 2. The number of rotatable bonds is 7. The number of hydrogen-bond donors (Lipinski definition) is 2. The van der Waals surface area contributed by atoms with Crippen molar-refractivity contribution in [2.24, 2.45) is 5.92 Å². The molecule has 1 aromatic heterocycles. The minimum atomic E-state index is -4.76. The van der Waals surface area contributed by atoms with Crippen LogP contribution in [0, 0.1) is 12.8 Å². The average molecular weight is 517 g/mol. The highest BCUT2D eigenvalue weighted by Gasteiger charge is 2.42. The summed E-state index contributed by atoms with van der Waals surface area (Å²) < 4.78 is 65.9. The number of hydrogen-bond acceptors (Lipinski definition) is 6. The summed E-state index contributed by atoms with van der Waals surface area (Å²) >= 11 is 1.11. The van der Waals surface area contributed by atoms with Crippen LogP contribution >= 0.6 is 11.3 Å². The summed E-state index contributed by atoms with van der Waals surface area (Å²) in [5.74, 6) is -0.512. The van der Waals surface area contributed by atoms with Crippen LogP contribution in [-0.2, 0) is 21.4 Å². The normalized spacial score (nSPS) is 17.1. The van der Waals surface area contributed by atoms with Crippen LogP contribution < -0.4 is 10.0 Å². The van der Waals surface area contributed by atoms with Gasteiger partial charge in [0.15, 0.2) is 5.13 Å². The molecule has 184 valence electrons. The van der Waals surface area contributed by atoms with E-state index in [1.165, 1.54) is 13.0 Å². The molecule has 0 spiro atoms. The molecule has 1 aromatic carbocycles. The lowest BCUT2D eigenvalue weighted by Crippen LogP contribution is -2.36. The second-order valence-corrected chi connectivity index (χ2v) is 11.3. The summed E-state index contributed by atoms with van der Waals surface area (Å²) in [7, 11) is -4.66. The van der Waals surface area contributed by atoms with E-state index in [0.29, 0.717) is 32.7 Å². The van der Waals surface area contributed by atoms with Crippen molar-refractivity contribution in [2.75, 3.05) is 11.9 Å². The second-order valence-electron chi connectivity index (χ2n) is 8.57. The molecule has 34 heavy (non-hydrogen) atoms. The predicted molar refractivity (Wildman–Crippen MR) is 120 cm³/mol. The SMILES string of the molecule is CC(=O)Nc1nc(C)c(-c2cc3c(c(S(=O)(=O)NCC(F)(F)F)c2)C(=O)N(C(C)C2CC2)C3)s1. The van der Waals surface area contributed by atoms with Crippen molar-refractivity contribution in [3.63, 3.8) is 0 Å². The minimum absolute atomic E-state index is 0.102. The van der Waals surface area contributed by atoms with Gasteiger partial charge in [0.05, 0.1) is 21.0 Å². The lowest BCUT2D eigenvalue weighted by Gasteiger charge is -2.24.